The Morgan fingerprint density at radius 3 is 2.65 bits per heavy atom. The molecule has 1 saturated heterocycles. The number of carbonyl (C=O) groups excluding carboxylic acids is 1. The number of carbonyl (C=O) groups is 1. The van der Waals surface area contributed by atoms with Gasteiger partial charge in [0.25, 0.3) is 5.91 Å². The van der Waals surface area contributed by atoms with Crippen LogP contribution in [0.15, 0.2) is 24.3 Å². The monoisotopic (exact) mass is 291 g/mol. The molecule has 3 fully saturated rings. The lowest BCUT2D eigenvalue weighted by molar-refractivity contribution is -0.237. The Hall–Kier alpha value is -1.06. The molecule has 1 amide bonds. The molecule has 1 aromatic carbocycles. The molecule has 4 heteroatoms. The standard InChI is InChI=1S/C16H18ClNO2/c1-18-16(19)14(9-4-6-12(17)7-5-9)13-10-2-3-11(8-10)15(13)20-18/h4-7,10-11,13-15H,2-3,8H2,1H3/t10?,11?,13-,14+,15-/m1/s1. The summed E-state index contributed by atoms with van der Waals surface area (Å²) < 4.78 is 0. The molecule has 1 heterocycles. The molecule has 2 saturated carbocycles. The Labute approximate surface area is 123 Å². The Kier molecular flexibility index (Phi) is 2.83. The zero-order chi connectivity index (χ0) is 13.9. The van der Waals surface area contributed by atoms with Crippen molar-refractivity contribution in [1.82, 2.24) is 5.06 Å². The maximum Gasteiger partial charge on any atom is 0.253 e. The van der Waals surface area contributed by atoms with Gasteiger partial charge in [0.1, 0.15) is 0 Å². The zero-order valence-electron chi connectivity index (χ0n) is 11.5. The number of hydroxylamine groups is 2. The lowest BCUT2D eigenvalue weighted by Gasteiger charge is -2.43. The van der Waals surface area contributed by atoms with Crippen molar-refractivity contribution in [3.05, 3.63) is 34.9 Å². The van der Waals surface area contributed by atoms with Crippen LogP contribution in [0.25, 0.3) is 0 Å². The van der Waals surface area contributed by atoms with Crippen molar-refractivity contribution in [3.63, 3.8) is 0 Å². The normalized spacial score (nSPS) is 39.2. The lowest BCUT2D eigenvalue weighted by Crippen LogP contribution is -2.50. The highest BCUT2D eigenvalue weighted by Gasteiger charge is 2.57. The topological polar surface area (TPSA) is 29.5 Å². The largest absolute Gasteiger partial charge is 0.272 e. The van der Waals surface area contributed by atoms with Gasteiger partial charge >= 0.3 is 0 Å². The molecule has 1 aromatic rings. The molecule has 0 spiro atoms. The molecular formula is C16H18ClNO2. The van der Waals surface area contributed by atoms with Crippen molar-refractivity contribution < 1.29 is 9.63 Å². The summed E-state index contributed by atoms with van der Waals surface area (Å²) in [4.78, 5) is 18.5. The van der Waals surface area contributed by atoms with Crippen LogP contribution in [0.2, 0.25) is 5.02 Å². The van der Waals surface area contributed by atoms with Gasteiger partial charge in [0.15, 0.2) is 0 Å². The molecule has 0 N–H and O–H groups in total. The molecule has 5 atom stereocenters. The second-order valence-electron chi connectivity index (χ2n) is 6.35. The molecule has 0 aromatic heterocycles. The van der Waals surface area contributed by atoms with Crippen LogP contribution in [0.4, 0.5) is 0 Å². The van der Waals surface area contributed by atoms with E-state index in [4.69, 9.17) is 16.4 Å². The number of amides is 1. The molecule has 20 heavy (non-hydrogen) atoms. The number of fused-ring (bicyclic) bond motifs is 5. The van der Waals surface area contributed by atoms with E-state index in [9.17, 15) is 4.79 Å². The molecule has 0 radical (unpaired) electrons. The van der Waals surface area contributed by atoms with E-state index in [2.05, 4.69) is 0 Å². The first-order valence-electron chi connectivity index (χ1n) is 7.35. The number of rotatable bonds is 1. The Bertz CT molecular complexity index is 544. The van der Waals surface area contributed by atoms with Gasteiger partial charge in [-0.05, 0) is 48.8 Å². The summed E-state index contributed by atoms with van der Waals surface area (Å²) in [7, 11) is 1.74. The highest BCUT2D eigenvalue weighted by atomic mass is 35.5. The smallest absolute Gasteiger partial charge is 0.253 e. The summed E-state index contributed by atoms with van der Waals surface area (Å²) >= 11 is 5.97. The van der Waals surface area contributed by atoms with Gasteiger partial charge in [-0.1, -0.05) is 23.7 Å². The van der Waals surface area contributed by atoms with Gasteiger partial charge in [-0.15, -0.1) is 0 Å². The first-order valence-corrected chi connectivity index (χ1v) is 7.73. The zero-order valence-corrected chi connectivity index (χ0v) is 12.2. The summed E-state index contributed by atoms with van der Waals surface area (Å²) in [6.07, 6.45) is 3.94. The average Bonchev–Trinajstić information content (AvgIpc) is 3.03. The molecule has 2 bridgehead atoms. The van der Waals surface area contributed by atoms with Crippen molar-refractivity contribution in [2.45, 2.75) is 31.3 Å². The summed E-state index contributed by atoms with van der Waals surface area (Å²) in [5, 5.41) is 2.17. The first kappa shape index (κ1) is 12.7. The number of halogens is 1. The Balaban J connectivity index is 1.74. The molecule has 4 rings (SSSR count). The average molecular weight is 292 g/mol. The molecule has 1 aliphatic heterocycles. The van der Waals surface area contributed by atoms with Gasteiger partial charge < -0.3 is 0 Å². The van der Waals surface area contributed by atoms with Crippen molar-refractivity contribution in [2.24, 2.45) is 17.8 Å². The minimum absolute atomic E-state index is 0.0636. The van der Waals surface area contributed by atoms with Gasteiger partial charge in [-0.2, -0.15) is 0 Å². The van der Waals surface area contributed by atoms with Crippen LogP contribution in [-0.4, -0.2) is 24.1 Å². The van der Waals surface area contributed by atoms with Crippen molar-refractivity contribution in [3.8, 4) is 0 Å². The second-order valence-corrected chi connectivity index (χ2v) is 6.78. The Morgan fingerprint density at radius 2 is 1.90 bits per heavy atom. The van der Waals surface area contributed by atoms with Crippen LogP contribution in [0, 0.1) is 17.8 Å². The quantitative estimate of drug-likeness (QED) is 0.795. The predicted octanol–water partition coefficient (Wildman–Crippen LogP) is 3.24. The van der Waals surface area contributed by atoms with E-state index in [0.29, 0.717) is 22.8 Å². The highest BCUT2D eigenvalue weighted by Crippen LogP contribution is 2.56. The third-order valence-corrected chi connectivity index (χ3v) is 5.62. The fourth-order valence-electron chi connectivity index (χ4n) is 4.53. The maximum absolute atomic E-state index is 12.6. The van der Waals surface area contributed by atoms with E-state index >= 15 is 0 Å². The van der Waals surface area contributed by atoms with Crippen LogP contribution < -0.4 is 0 Å². The molecular weight excluding hydrogens is 274 g/mol. The van der Waals surface area contributed by atoms with Crippen molar-refractivity contribution in [1.29, 1.82) is 0 Å². The number of hydrogen-bond donors (Lipinski definition) is 0. The van der Waals surface area contributed by atoms with E-state index < -0.39 is 0 Å². The molecule has 2 unspecified atom stereocenters. The fourth-order valence-corrected chi connectivity index (χ4v) is 4.66. The van der Waals surface area contributed by atoms with Gasteiger partial charge in [-0.25, -0.2) is 5.06 Å². The minimum Gasteiger partial charge on any atom is -0.272 e. The van der Waals surface area contributed by atoms with Crippen LogP contribution in [-0.2, 0) is 9.63 Å². The Morgan fingerprint density at radius 1 is 1.20 bits per heavy atom. The van der Waals surface area contributed by atoms with Gasteiger partial charge in [0, 0.05) is 18.0 Å². The summed E-state index contributed by atoms with van der Waals surface area (Å²) in [5.41, 5.74) is 1.08. The van der Waals surface area contributed by atoms with Gasteiger partial charge in [0.2, 0.25) is 0 Å². The maximum atomic E-state index is 12.6. The van der Waals surface area contributed by atoms with E-state index in [1.54, 1.807) is 7.05 Å². The number of hydrogen-bond acceptors (Lipinski definition) is 2. The van der Waals surface area contributed by atoms with Crippen LogP contribution >= 0.6 is 11.6 Å². The number of likely N-dealkylation sites (N-methyl/N-ethyl adjacent to an activating group) is 1. The van der Waals surface area contributed by atoms with Crippen LogP contribution in [0.1, 0.15) is 30.7 Å². The first-order chi connectivity index (χ1) is 9.65. The van der Waals surface area contributed by atoms with E-state index in [1.165, 1.54) is 24.3 Å². The molecule has 2 aliphatic carbocycles. The summed E-state index contributed by atoms with van der Waals surface area (Å²) in [6.45, 7) is 0. The van der Waals surface area contributed by atoms with E-state index in [1.807, 2.05) is 24.3 Å². The molecule has 106 valence electrons. The van der Waals surface area contributed by atoms with Crippen molar-refractivity contribution >= 4 is 17.5 Å². The SMILES string of the molecule is CN1O[C@@H]2C3CCC(C3)[C@@H]2[C@H](c2ccc(Cl)cc2)C1=O. The fraction of sp³-hybridized carbons (Fsp3) is 0.562. The number of benzene rings is 1. The summed E-state index contributed by atoms with van der Waals surface area (Å²) in [6, 6.07) is 7.74. The molecule has 3 nitrogen and oxygen atoms in total. The van der Waals surface area contributed by atoms with E-state index in [0.717, 1.165) is 5.56 Å². The third kappa shape index (κ3) is 1.73. The predicted molar refractivity (Wildman–Crippen MR) is 76.2 cm³/mol. The highest BCUT2D eigenvalue weighted by molar-refractivity contribution is 6.30. The van der Waals surface area contributed by atoms with Crippen LogP contribution in [0.5, 0.6) is 0 Å². The van der Waals surface area contributed by atoms with Gasteiger partial charge in [-0.3, -0.25) is 9.63 Å². The minimum atomic E-state index is -0.0636. The van der Waals surface area contributed by atoms with E-state index in [-0.39, 0.29) is 17.9 Å². The number of nitrogens with zero attached hydrogens (tertiary/aromatic N) is 1. The second kappa shape index (κ2) is 4.47. The van der Waals surface area contributed by atoms with Crippen molar-refractivity contribution in [2.75, 3.05) is 7.05 Å². The third-order valence-electron chi connectivity index (χ3n) is 5.37. The molecule has 3 aliphatic rings. The lowest BCUT2D eigenvalue weighted by atomic mass is 9.73. The summed E-state index contributed by atoms with van der Waals surface area (Å²) in [5.74, 6) is 1.64. The van der Waals surface area contributed by atoms with Gasteiger partial charge in [0.05, 0.1) is 12.0 Å². The van der Waals surface area contributed by atoms with Crippen LogP contribution in [0.3, 0.4) is 0 Å².